The van der Waals surface area contributed by atoms with Crippen molar-refractivity contribution in [2.24, 2.45) is 0 Å². The highest BCUT2D eigenvalue weighted by atomic mass is 16.4. The van der Waals surface area contributed by atoms with Crippen LogP contribution >= 0.6 is 0 Å². The molecule has 144 valence electrons. The summed E-state index contributed by atoms with van der Waals surface area (Å²) in [7, 11) is 0. The van der Waals surface area contributed by atoms with Crippen molar-refractivity contribution in [1.82, 2.24) is 19.6 Å². The third kappa shape index (κ3) is 4.41. The van der Waals surface area contributed by atoms with Crippen molar-refractivity contribution >= 4 is 29.2 Å². The van der Waals surface area contributed by atoms with Gasteiger partial charge >= 0.3 is 5.97 Å². The Bertz CT molecular complexity index is 1020. The maximum absolute atomic E-state index is 12.4. The van der Waals surface area contributed by atoms with Gasteiger partial charge in [0.15, 0.2) is 5.69 Å². The summed E-state index contributed by atoms with van der Waals surface area (Å²) in [6.45, 7) is 2.13. The highest BCUT2D eigenvalue weighted by molar-refractivity contribution is 6.05. The number of hydrogen-bond acceptors (Lipinski definition) is 5. The first kappa shape index (κ1) is 18.8. The van der Waals surface area contributed by atoms with Crippen molar-refractivity contribution in [3.63, 3.8) is 0 Å². The lowest BCUT2D eigenvalue weighted by molar-refractivity contribution is -0.137. The van der Waals surface area contributed by atoms with Gasteiger partial charge in [-0.25, -0.2) is 0 Å². The Morgan fingerprint density at radius 2 is 1.79 bits per heavy atom. The Labute approximate surface area is 159 Å². The number of nitrogens with zero attached hydrogens (tertiary/aromatic N) is 4. The first-order chi connectivity index (χ1) is 13.5. The van der Waals surface area contributed by atoms with Crippen molar-refractivity contribution in [2.45, 2.75) is 20.0 Å². The van der Waals surface area contributed by atoms with Gasteiger partial charge in [-0.3, -0.25) is 23.7 Å². The monoisotopic (exact) mass is 382 g/mol. The third-order valence-corrected chi connectivity index (χ3v) is 3.80. The van der Waals surface area contributed by atoms with Crippen LogP contribution in [-0.2, 0) is 17.9 Å². The molecule has 2 aromatic heterocycles. The molecule has 0 saturated carbocycles. The Morgan fingerprint density at radius 3 is 2.46 bits per heavy atom. The molecule has 0 radical (unpaired) electrons. The van der Waals surface area contributed by atoms with E-state index in [1.54, 1.807) is 41.2 Å². The van der Waals surface area contributed by atoms with Crippen LogP contribution in [0.25, 0.3) is 0 Å². The van der Waals surface area contributed by atoms with Crippen LogP contribution in [0.4, 0.5) is 11.4 Å². The van der Waals surface area contributed by atoms with Crippen molar-refractivity contribution in [3.05, 3.63) is 60.2 Å². The molecular weight excluding hydrogens is 364 g/mol. The number of benzene rings is 1. The van der Waals surface area contributed by atoms with Crippen molar-refractivity contribution in [2.75, 3.05) is 10.6 Å². The molecule has 3 N–H and O–H groups in total. The molecule has 2 heterocycles. The molecule has 0 aliphatic carbocycles. The van der Waals surface area contributed by atoms with E-state index in [4.69, 9.17) is 5.11 Å². The number of aryl methyl sites for hydroxylation is 1. The van der Waals surface area contributed by atoms with E-state index in [0.717, 1.165) is 4.68 Å². The number of hydrogen-bond donors (Lipinski definition) is 3. The Balaban J connectivity index is 1.67. The standard InChI is InChI=1S/C18H18N6O4/c1-2-24-15(6-8-19-24)18(28)21-13-5-3-4-12(10-13)20-17(27)14-7-9-23(22-14)11-16(25)26/h3-10H,2,11H2,1H3,(H,20,27)(H,21,28)(H,25,26). The average Bonchev–Trinajstić information content (AvgIpc) is 3.30. The number of amides is 2. The molecule has 10 nitrogen and oxygen atoms in total. The van der Waals surface area contributed by atoms with Crippen LogP contribution in [0.15, 0.2) is 48.8 Å². The quantitative estimate of drug-likeness (QED) is 0.570. The highest BCUT2D eigenvalue weighted by Gasteiger charge is 2.13. The minimum atomic E-state index is -1.05. The molecule has 10 heteroatoms. The number of anilines is 2. The topological polar surface area (TPSA) is 131 Å². The molecule has 3 rings (SSSR count). The molecule has 0 bridgehead atoms. The number of carbonyl (C=O) groups is 3. The van der Waals surface area contributed by atoms with E-state index in [-0.39, 0.29) is 18.1 Å². The number of nitrogens with one attached hydrogen (secondary N) is 2. The fourth-order valence-corrected chi connectivity index (χ4v) is 2.55. The maximum Gasteiger partial charge on any atom is 0.325 e. The second-order valence-electron chi connectivity index (χ2n) is 5.81. The van der Waals surface area contributed by atoms with Crippen LogP contribution in [0.3, 0.4) is 0 Å². The first-order valence-corrected chi connectivity index (χ1v) is 8.46. The van der Waals surface area contributed by atoms with E-state index in [2.05, 4.69) is 20.8 Å². The summed E-state index contributed by atoms with van der Waals surface area (Å²) in [4.78, 5) is 35.4. The van der Waals surface area contributed by atoms with Crippen molar-refractivity contribution < 1.29 is 19.5 Å². The summed E-state index contributed by atoms with van der Waals surface area (Å²) < 4.78 is 2.74. The van der Waals surface area contributed by atoms with Gasteiger partial charge < -0.3 is 15.7 Å². The number of carboxylic acid groups (broad SMARTS) is 1. The fourth-order valence-electron chi connectivity index (χ4n) is 2.55. The van der Waals surface area contributed by atoms with E-state index in [0.29, 0.717) is 23.6 Å². The number of carboxylic acids is 1. The lowest BCUT2D eigenvalue weighted by atomic mass is 10.2. The minimum Gasteiger partial charge on any atom is -0.480 e. The number of aromatic nitrogens is 4. The second-order valence-corrected chi connectivity index (χ2v) is 5.81. The lowest BCUT2D eigenvalue weighted by Crippen LogP contribution is -2.18. The van der Waals surface area contributed by atoms with E-state index in [1.807, 2.05) is 6.92 Å². The van der Waals surface area contributed by atoms with Crippen LogP contribution < -0.4 is 10.6 Å². The van der Waals surface area contributed by atoms with Crippen LogP contribution in [0.2, 0.25) is 0 Å². The number of aliphatic carboxylic acids is 1. The minimum absolute atomic E-state index is 0.0857. The summed E-state index contributed by atoms with van der Waals surface area (Å²) in [5, 5.41) is 22.2. The molecule has 0 atom stereocenters. The largest absolute Gasteiger partial charge is 0.480 e. The smallest absolute Gasteiger partial charge is 0.325 e. The summed E-state index contributed by atoms with van der Waals surface area (Å²) in [6, 6.07) is 9.70. The zero-order chi connectivity index (χ0) is 20.1. The molecule has 0 spiro atoms. The van der Waals surface area contributed by atoms with Gasteiger partial charge in [-0.15, -0.1) is 0 Å². The zero-order valence-corrected chi connectivity index (χ0v) is 15.0. The second kappa shape index (κ2) is 8.16. The fraction of sp³-hybridized carbons (Fsp3) is 0.167. The van der Waals surface area contributed by atoms with Crippen LogP contribution in [0.5, 0.6) is 0 Å². The summed E-state index contributed by atoms with van der Waals surface area (Å²) in [5.41, 5.74) is 1.48. The number of carbonyl (C=O) groups excluding carboxylic acids is 2. The molecule has 3 aromatic rings. The highest BCUT2D eigenvalue weighted by Crippen LogP contribution is 2.17. The van der Waals surface area contributed by atoms with E-state index >= 15 is 0 Å². The van der Waals surface area contributed by atoms with E-state index in [9.17, 15) is 14.4 Å². The van der Waals surface area contributed by atoms with Gasteiger partial charge in [0.25, 0.3) is 11.8 Å². The zero-order valence-electron chi connectivity index (χ0n) is 15.0. The maximum atomic E-state index is 12.4. The Kier molecular flexibility index (Phi) is 5.49. The van der Waals surface area contributed by atoms with E-state index in [1.165, 1.54) is 12.3 Å². The van der Waals surface area contributed by atoms with Gasteiger partial charge in [0.05, 0.1) is 0 Å². The predicted molar refractivity (Wildman–Crippen MR) is 100 cm³/mol. The molecule has 0 fully saturated rings. The summed E-state index contributed by atoms with van der Waals surface area (Å²) >= 11 is 0. The number of rotatable bonds is 7. The van der Waals surface area contributed by atoms with Gasteiger partial charge in [0.2, 0.25) is 0 Å². The van der Waals surface area contributed by atoms with Crippen molar-refractivity contribution in [3.8, 4) is 0 Å². The Morgan fingerprint density at radius 1 is 1.07 bits per heavy atom. The predicted octanol–water partition coefficient (Wildman–Crippen LogP) is 1.69. The van der Waals surface area contributed by atoms with E-state index < -0.39 is 11.9 Å². The van der Waals surface area contributed by atoms with Gasteiger partial charge in [-0.1, -0.05) is 6.07 Å². The molecule has 0 saturated heterocycles. The first-order valence-electron chi connectivity index (χ1n) is 8.46. The van der Waals surface area contributed by atoms with Crippen molar-refractivity contribution in [1.29, 1.82) is 0 Å². The third-order valence-electron chi connectivity index (χ3n) is 3.80. The Hall–Kier alpha value is -3.95. The normalized spacial score (nSPS) is 10.5. The van der Waals surface area contributed by atoms with Gasteiger partial charge in [0, 0.05) is 30.3 Å². The molecular formula is C18H18N6O4. The van der Waals surface area contributed by atoms with Gasteiger partial charge in [0.1, 0.15) is 12.2 Å². The van der Waals surface area contributed by atoms with Gasteiger partial charge in [-0.2, -0.15) is 10.2 Å². The summed E-state index contributed by atoms with van der Waals surface area (Å²) in [6.07, 6.45) is 2.97. The summed E-state index contributed by atoms with van der Waals surface area (Å²) in [5.74, 6) is -1.85. The lowest BCUT2D eigenvalue weighted by Gasteiger charge is -2.09. The van der Waals surface area contributed by atoms with Gasteiger partial charge in [-0.05, 0) is 37.3 Å². The van der Waals surface area contributed by atoms with Crippen LogP contribution in [-0.4, -0.2) is 42.5 Å². The molecule has 2 amide bonds. The van der Waals surface area contributed by atoms with Crippen LogP contribution in [0, 0.1) is 0 Å². The SMILES string of the molecule is CCn1nccc1C(=O)Nc1cccc(NC(=O)c2ccn(CC(=O)O)n2)c1. The molecule has 1 aromatic carbocycles. The average molecular weight is 382 g/mol. The van der Waals surface area contributed by atoms with Crippen LogP contribution in [0.1, 0.15) is 27.9 Å². The molecule has 0 aliphatic heterocycles. The molecule has 0 aliphatic rings. The molecule has 0 unspecified atom stereocenters. The molecule has 28 heavy (non-hydrogen) atoms.